The number of methoxy groups -OCH3 is 1. The first-order valence-corrected chi connectivity index (χ1v) is 8.55. The van der Waals surface area contributed by atoms with E-state index in [1.807, 2.05) is 20.8 Å². The number of hydrogen-bond acceptors (Lipinski definition) is 6. The fourth-order valence-corrected chi connectivity index (χ4v) is 3.76. The highest BCUT2D eigenvalue weighted by Gasteiger charge is 2.55. The molecule has 0 aromatic heterocycles. The van der Waals surface area contributed by atoms with Crippen LogP contribution in [0.2, 0.25) is 0 Å². The molecule has 2 aliphatic rings. The molecule has 2 fully saturated rings. The lowest BCUT2D eigenvalue weighted by Gasteiger charge is -2.42. The van der Waals surface area contributed by atoms with Crippen molar-refractivity contribution in [2.45, 2.75) is 58.0 Å². The fourth-order valence-electron chi connectivity index (χ4n) is 3.76. The van der Waals surface area contributed by atoms with Gasteiger partial charge in [-0.15, -0.1) is 12.4 Å². The molecule has 0 bridgehead atoms. The molecule has 25 heavy (non-hydrogen) atoms. The maximum Gasteiger partial charge on any atom is 0.322 e. The summed E-state index contributed by atoms with van der Waals surface area (Å²) in [6.07, 6.45) is 2.27. The van der Waals surface area contributed by atoms with E-state index in [0.29, 0.717) is 6.42 Å². The Balaban J connectivity index is 0.00000312. The van der Waals surface area contributed by atoms with Gasteiger partial charge in [0.1, 0.15) is 6.04 Å². The van der Waals surface area contributed by atoms with Gasteiger partial charge in [0.15, 0.2) is 0 Å². The number of nitrogens with two attached hydrogens (primary N) is 1. The number of esters is 1. The second-order valence-electron chi connectivity index (χ2n) is 7.97. The van der Waals surface area contributed by atoms with Gasteiger partial charge in [-0.05, 0) is 38.8 Å². The highest BCUT2D eigenvalue weighted by molar-refractivity contribution is 6.01. The fraction of sp³-hybridized carbons (Fsp3) is 0.824. The van der Waals surface area contributed by atoms with Crippen molar-refractivity contribution in [3.63, 3.8) is 0 Å². The van der Waals surface area contributed by atoms with E-state index >= 15 is 0 Å². The van der Waals surface area contributed by atoms with E-state index < -0.39 is 28.9 Å². The number of carbonyl (C=O) groups is 3. The number of rotatable bonds is 3. The Bertz CT molecular complexity index is 526. The van der Waals surface area contributed by atoms with E-state index in [4.69, 9.17) is 5.73 Å². The molecule has 7 nitrogen and oxygen atoms in total. The zero-order chi connectivity index (χ0) is 18.1. The van der Waals surface area contributed by atoms with E-state index in [0.717, 1.165) is 25.9 Å². The second kappa shape index (κ2) is 8.01. The predicted molar refractivity (Wildman–Crippen MR) is 96.1 cm³/mol. The summed E-state index contributed by atoms with van der Waals surface area (Å²) in [7, 11) is 1.28. The summed E-state index contributed by atoms with van der Waals surface area (Å²) in [5, 5.41) is 3.28. The van der Waals surface area contributed by atoms with Crippen LogP contribution in [0.3, 0.4) is 0 Å². The SMILES string of the molecule is COC(=O)C(N)CC1CC2(CCNCC2)N(C(=O)C(C)(C)C)C1=O.Cl. The van der Waals surface area contributed by atoms with E-state index in [1.165, 1.54) is 12.0 Å². The number of imide groups is 1. The number of hydrogen-bond donors (Lipinski definition) is 2. The Kier molecular flexibility index (Phi) is 7.01. The van der Waals surface area contributed by atoms with Crippen LogP contribution in [0.1, 0.15) is 46.5 Å². The minimum atomic E-state index is -0.840. The summed E-state index contributed by atoms with van der Waals surface area (Å²) < 4.78 is 4.66. The minimum absolute atomic E-state index is 0. The van der Waals surface area contributed by atoms with Crippen molar-refractivity contribution >= 4 is 30.2 Å². The molecule has 2 unspecified atom stereocenters. The smallest absolute Gasteiger partial charge is 0.322 e. The standard InChI is InChI=1S/C17H29N3O4.ClH/c1-16(2,3)15(23)20-13(21)11(9-12(18)14(22)24-4)10-17(20)5-7-19-8-6-17;/h11-12,19H,5-10,18H2,1-4H3;1H. The summed E-state index contributed by atoms with van der Waals surface area (Å²) in [4.78, 5) is 39.0. The average molecular weight is 376 g/mol. The third-order valence-corrected chi connectivity index (χ3v) is 5.09. The van der Waals surface area contributed by atoms with Gasteiger partial charge in [-0.2, -0.15) is 0 Å². The van der Waals surface area contributed by atoms with Gasteiger partial charge in [0.2, 0.25) is 11.8 Å². The van der Waals surface area contributed by atoms with Crippen LogP contribution in [0.5, 0.6) is 0 Å². The average Bonchev–Trinajstić information content (AvgIpc) is 2.77. The summed E-state index contributed by atoms with van der Waals surface area (Å²) in [5.41, 5.74) is 4.77. The Hall–Kier alpha value is -1.18. The number of carbonyl (C=O) groups excluding carboxylic acids is 3. The Labute approximate surface area is 155 Å². The van der Waals surface area contributed by atoms with Gasteiger partial charge in [0.25, 0.3) is 0 Å². The van der Waals surface area contributed by atoms with Crippen LogP contribution < -0.4 is 11.1 Å². The lowest BCUT2D eigenvalue weighted by Crippen LogP contribution is -2.57. The zero-order valence-electron chi connectivity index (χ0n) is 15.5. The van der Waals surface area contributed by atoms with Crippen LogP contribution in [0.4, 0.5) is 0 Å². The highest BCUT2D eigenvalue weighted by Crippen LogP contribution is 2.44. The molecule has 0 aromatic carbocycles. The molecule has 144 valence electrons. The number of halogens is 1. The van der Waals surface area contributed by atoms with Crippen molar-refractivity contribution in [2.75, 3.05) is 20.2 Å². The van der Waals surface area contributed by atoms with Crippen LogP contribution in [0, 0.1) is 11.3 Å². The van der Waals surface area contributed by atoms with Crippen molar-refractivity contribution in [1.82, 2.24) is 10.2 Å². The molecule has 2 aliphatic heterocycles. The molecule has 0 radical (unpaired) electrons. The number of nitrogens with zero attached hydrogens (tertiary/aromatic N) is 1. The Morgan fingerprint density at radius 2 is 1.92 bits per heavy atom. The third-order valence-electron chi connectivity index (χ3n) is 5.09. The minimum Gasteiger partial charge on any atom is -0.468 e. The quantitative estimate of drug-likeness (QED) is 0.709. The van der Waals surface area contributed by atoms with Crippen molar-refractivity contribution in [3.8, 4) is 0 Å². The molecular formula is C17H30ClN3O4. The van der Waals surface area contributed by atoms with Crippen LogP contribution in [0.15, 0.2) is 0 Å². The number of likely N-dealkylation sites (tertiary alicyclic amines) is 1. The summed E-state index contributed by atoms with van der Waals surface area (Å²) in [6, 6.07) is -0.840. The summed E-state index contributed by atoms with van der Waals surface area (Å²) >= 11 is 0. The van der Waals surface area contributed by atoms with Gasteiger partial charge < -0.3 is 15.8 Å². The van der Waals surface area contributed by atoms with Crippen molar-refractivity contribution in [3.05, 3.63) is 0 Å². The molecular weight excluding hydrogens is 346 g/mol. The summed E-state index contributed by atoms with van der Waals surface area (Å²) in [5.74, 6) is -1.29. The first kappa shape index (κ1) is 21.9. The highest BCUT2D eigenvalue weighted by atomic mass is 35.5. The lowest BCUT2D eigenvalue weighted by atomic mass is 9.81. The van der Waals surface area contributed by atoms with Crippen LogP contribution in [-0.4, -0.2) is 54.5 Å². The van der Waals surface area contributed by atoms with Gasteiger partial charge in [-0.3, -0.25) is 19.3 Å². The maximum absolute atomic E-state index is 13.0. The van der Waals surface area contributed by atoms with E-state index in [-0.39, 0.29) is 30.6 Å². The Morgan fingerprint density at radius 1 is 1.36 bits per heavy atom. The van der Waals surface area contributed by atoms with Gasteiger partial charge in [0, 0.05) is 11.3 Å². The largest absolute Gasteiger partial charge is 0.468 e. The van der Waals surface area contributed by atoms with E-state index in [2.05, 4.69) is 10.1 Å². The van der Waals surface area contributed by atoms with Crippen LogP contribution >= 0.6 is 12.4 Å². The molecule has 8 heteroatoms. The van der Waals surface area contributed by atoms with Gasteiger partial charge in [0.05, 0.1) is 12.6 Å². The van der Waals surface area contributed by atoms with Crippen LogP contribution in [0.25, 0.3) is 0 Å². The van der Waals surface area contributed by atoms with Gasteiger partial charge in [-0.25, -0.2) is 0 Å². The van der Waals surface area contributed by atoms with Crippen molar-refractivity contribution in [2.24, 2.45) is 17.1 Å². The third kappa shape index (κ3) is 4.33. The lowest BCUT2D eigenvalue weighted by molar-refractivity contribution is -0.155. The molecule has 0 aliphatic carbocycles. The Morgan fingerprint density at radius 3 is 2.40 bits per heavy atom. The van der Waals surface area contributed by atoms with Crippen molar-refractivity contribution < 1.29 is 19.1 Å². The van der Waals surface area contributed by atoms with E-state index in [9.17, 15) is 14.4 Å². The number of nitrogens with one attached hydrogen (secondary N) is 1. The number of ether oxygens (including phenoxy) is 1. The van der Waals surface area contributed by atoms with Crippen molar-refractivity contribution in [1.29, 1.82) is 0 Å². The van der Waals surface area contributed by atoms with Gasteiger partial charge in [-0.1, -0.05) is 20.8 Å². The molecule has 0 aromatic rings. The van der Waals surface area contributed by atoms with Crippen LogP contribution in [-0.2, 0) is 19.1 Å². The molecule has 1 spiro atoms. The second-order valence-corrected chi connectivity index (χ2v) is 7.97. The first-order chi connectivity index (χ1) is 11.1. The molecule has 2 atom stereocenters. The molecule has 2 heterocycles. The van der Waals surface area contributed by atoms with E-state index in [1.54, 1.807) is 0 Å². The topological polar surface area (TPSA) is 102 Å². The molecule has 2 amide bonds. The first-order valence-electron chi connectivity index (χ1n) is 8.55. The monoisotopic (exact) mass is 375 g/mol. The summed E-state index contributed by atoms with van der Waals surface area (Å²) in [6.45, 7) is 7.02. The predicted octanol–water partition coefficient (Wildman–Crippen LogP) is 0.842. The molecule has 3 N–H and O–H groups in total. The molecule has 2 saturated heterocycles. The normalized spacial score (nSPS) is 24.0. The molecule has 0 saturated carbocycles. The van der Waals surface area contributed by atoms with Gasteiger partial charge >= 0.3 is 5.97 Å². The number of piperidine rings is 1. The maximum atomic E-state index is 13.0. The molecule has 2 rings (SSSR count). The zero-order valence-corrected chi connectivity index (χ0v) is 16.3. The number of amides is 2.